The molecule has 2 N–H and O–H groups in total. The number of nitrogens with zero attached hydrogens (tertiary/aromatic N) is 2. The Morgan fingerprint density at radius 2 is 1.84 bits per heavy atom. The van der Waals surface area contributed by atoms with Gasteiger partial charge in [0, 0.05) is 24.2 Å². The summed E-state index contributed by atoms with van der Waals surface area (Å²) in [7, 11) is -4.01. The number of hydrogen-bond donors (Lipinski definition) is 2. The highest BCUT2D eigenvalue weighted by Gasteiger charge is 2.46. The monoisotopic (exact) mass is 442 g/mol. The van der Waals surface area contributed by atoms with Crippen LogP contribution in [0.15, 0.2) is 57.5 Å². The molecule has 0 bridgehead atoms. The molecule has 2 aromatic rings. The lowest BCUT2D eigenvalue weighted by Gasteiger charge is -2.45. The van der Waals surface area contributed by atoms with Crippen molar-refractivity contribution in [2.45, 2.75) is 31.5 Å². The lowest BCUT2D eigenvalue weighted by atomic mass is 9.86. The van der Waals surface area contributed by atoms with Crippen molar-refractivity contribution in [3.8, 4) is 0 Å². The number of hydrogen-bond acceptors (Lipinski definition) is 6. The predicted octanol–water partition coefficient (Wildman–Crippen LogP) is 2.16. The van der Waals surface area contributed by atoms with E-state index in [1.807, 2.05) is 19.9 Å². The standard InChI is InChI=1S/C23H26N2O5S/c1-15-12-17(3)21(13-16(15)2)31(28,29)24-20-14-22-23(27,19-7-5-4-6-18(19)20)30-11-9-25(22)8-10-26/h4-7,12-14,26-27H,8-11H2,1-3H3/b24-20-. The highest BCUT2D eigenvalue weighted by Crippen LogP contribution is 2.41. The molecule has 1 aliphatic carbocycles. The molecule has 0 spiro atoms. The van der Waals surface area contributed by atoms with Gasteiger partial charge in [-0.25, -0.2) is 0 Å². The van der Waals surface area contributed by atoms with E-state index in [9.17, 15) is 18.6 Å². The summed E-state index contributed by atoms with van der Waals surface area (Å²) in [6.07, 6.45) is 1.55. The Hall–Kier alpha value is -2.52. The maximum Gasteiger partial charge on any atom is 0.283 e. The summed E-state index contributed by atoms with van der Waals surface area (Å²) in [5.41, 5.74) is 4.03. The van der Waals surface area contributed by atoms with Gasteiger partial charge in [-0.3, -0.25) is 0 Å². The Morgan fingerprint density at radius 3 is 2.58 bits per heavy atom. The van der Waals surface area contributed by atoms with E-state index in [4.69, 9.17) is 4.74 Å². The van der Waals surface area contributed by atoms with Crippen LogP contribution in [0.25, 0.3) is 0 Å². The number of β-amino-alcohol motifs (C(OH)–C–C–N with tert-alkyl or cyclic N) is 1. The summed E-state index contributed by atoms with van der Waals surface area (Å²) in [5.74, 6) is -1.72. The molecule has 8 heteroatoms. The van der Waals surface area contributed by atoms with Gasteiger partial charge in [0.1, 0.15) is 0 Å². The fourth-order valence-corrected chi connectivity index (χ4v) is 5.45. The first-order valence-corrected chi connectivity index (χ1v) is 11.6. The minimum Gasteiger partial charge on any atom is -0.395 e. The Morgan fingerprint density at radius 1 is 1.13 bits per heavy atom. The normalized spacial score (nSPS) is 22.2. The number of allylic oxidation sites excluding steroid dienone is 1. The first-order chi connectivity index (χ1) is 14.7. The van der Waals surface area contributed by atoms with Crippen molar-refractivity contribution in [2.24, 2.45) is 4.40 Å². The van der Waals surface area contributed by atoms with Crippen molar-refractivity contribution in [3.05, 3.63) is 76.0 Å². The molecule has 7 nitrogen and oxygen atoms in total. The van der Waals surface area contributed by atoms with Gasteiger partial charge in [-0.15, -0.1) is 0 Å². The third kappa shape index (κ3) is 3.70. The summed E-state index contributed by atoms with van der Waals surface area (Å²) < 4.78 is 36.5. The van der Waals surface area contributed by atoms with Crippen LogP contribution in [0.2, 0.25) is 0 Å². The third-order valence-corrected chi connectivity index (χ3v) is 7.29. The zero-order valence-electron chi connectivity index (χ0n) is 17.8. The van der Waals surface area contributed by atoms with Crippen molar-refractivity contribution in [1.82, 2.24) is 4.90 Å². The highest BCUT2D eigenvalue weighted by molar-refractivity contribution is 7.90. The van der Waals surface area contributed by atoms with Crippen LogP contribution in [-0.4, -0.2) is 55.5 Å². The first kappa shape index (κ1) is 21.7. The lowest BCUT2D eigenvalue weighted by Crippen LogP contribution is -2.50. The number of aliphatic hydroxyl groups is 2. The molecule has 164 valence electrons. The van der Waals surface area contributed by atoms with Gasteiger partial charge in [-0.2, -0.15) is 12.8 Å². The summed E-state index contributed by atoms with van der Waals surface area (Å²) in [6, 6.07) is 10.4. The van der Waals surface area contributed by atoms with Crippen molar-refractivity contribution >= 4 is 15.7 Å². The highest BCUT2D eigenvalue weighted by atomic mass is 32.2. The number of sulfonamides is 1. The van der Waals surface area contributed by atoms with Gasteiger partial charge in [0.05, 0.1) is 29.5 Å². The Labute approximate surface area is 182 Å². The second-order valence-electron chi connectivity index (χ2n) is 7.93. The summed E-state index contributed by atoms with van der Waals surface area (Å²) >= 11 is 0. The number of aryl methyl sites for hydroxylation is 3. The van der Waals surface area contributed by atoms with Crippen LogP contribution < -0.4 is 0 Å². The molecule has 0 saturated carbocycles. The van der Waals surface area contributed by atoms with E-state index in [1.165, 1.54) is 0 Å². The van der Waals surface area contributed by atoms with Crippen LogP contribution in [0.5, 0.6) is 0 Å². The van der Waals surface area contributed by atoms with Gasteiger partial charge in [-0.1, -0.05) is 30.3 Å². The SMILES string of the molecule is Cc1cc(C)c(S(=O)(=O)/N=C2/C=C3N(CCO)CCOC3(O)c3ccccc32)cc1C. The molecule has 0 radical (unpaired) electrons. The first-order valence-electron chi connectivity index (χ1n) is 10.1. The summed E-state index contributed by atoms with van der Waals surface area (Å²) in [6.45, 7) is 6.47. The minimum absolute atomic E-state index is 0.109. The van der Waals surface area contributed by atoms with E-state index in [0.717, 1.165) is 11.1 Å². The zero-order chi connectivity index (χ0) is 22.4. The molecule has 1 atom stereocenters. The largest absolute Gasteiger partial charge is 0.395 e. The zero-order valence-corrected chi connectivity index (χ0v) is 18.6. The van der Waals surface area contributed by atoms with E-state index in [1.54, 1.807) is 48.2 Å². The van der Waals surface area contributed by atoms with E-state index in [2.05, 4.69) is 4.40 Å². The summed E-state index contributed by atoms with van der Waals surface area (Å²) in [5, 5.41) is 20.8. The number of fused-ring (bicyclic) bond motifs is 3. The number of rotatable bonds is 4. The number of aliphatic hydroxyl groups excluding tert-OH is 1. The van der Waals surface area contributed by atoms with Gasteiger partial charge in [-0.05, 0) is 49.6 Å². The predicted molar refractivity (Wildman–Crippen MR) is 117 cm³/mol. The van der Waals surface area contributed by atoms with Crippen LogP contribution in [0.3, 0.4) is 0 Å². The van der Waals surface area contributed by atoms with Gasteiger partial charge in [0.2, 0.25) is 5.79 Å². The molecule has 1 fully saturated rings. The van der Waals surface area contributed by atoms with E-state index in [0.29, 0.717) is 28.9 Å². The number of morpholine rings is 1. The minimum atomic E-state index is -4.01. The topological polar surface area (TPSA) is 99.4 Å². The van der Waals surface area contributed by atoms with Gasteiger partial charge >= 0.3 is 0 Å². The van der Waals surface area contributed by atoms with Gasteiger partial charge in [0.15, 0.2) is 0 Å². The second kappa shape index (κ2) is 7.87. The number of benzene rings is 2. The van der Waals surface area contributed by atoms with E-state index in [-0.39, 0.29) is 30.4 Å². The fourth-order valence-electron chi connectivity index (χ4n) is 4.15. The van der Waals surface area contributed by atoms with Gasteiger partial charge in [0.25, 0.3) is 10.0 Å². The van der Waals surface area contributed by atoms with E-state index >= 15 is 0 Å². The molecular formula is C23H26N2O5S. The van der Waals surface area contributed by atoms with Crippen LogP contribution in [-0.2, 0) is 20.5 Å². The smallest absolute Gasteiger partial charge is 0.283 e. The molecular weight excluding hydrogens is 416 g/mol. The molecule has 2 aliphatic rings. The Balaban J connectivity index is 1.91. The van der Waals surface area contributed by atoms with Crippen LogP contribution in [0.4, 0.5) is 0 Å². The lowest BCUT2D eigenvalue weighted by molar-refractivity contribution is -0.219. The average Bonchev–Trinajstić information content (AvgIpc) is 2.72. The quantitative estimate of drug-likeness (QED) is 0.753. The van der Waals surface area contributed by atoms with Crippen LogP contribution in [0.1, 0.15) is 27.8 Å². The third-order valence-electron chi connectivity index (χ3n) is 5.86. The van der Waals surface area contributed by atoms with Crippen molar-refractivity contribution < 1.29 is 23.4 Å². The Bertz CT molecular complexity index is 1200. The number of ether oxygens (including phenoxy) is 1. The molecule has 2 aromatic carbocycles. The van der Waals surface area contributed by atoms with Crippen LogP contribution in [0, 0.1) is 20.8 Å². The van der Waals surface area contributed by atoms with Gasteiger partial charge < -0.3 is 19.8 Å². The fraction of sp³-hybridized carbons (Fsp3) is 0.348. The molecule has 0 amide bonds. The maximum atomic E-state index is 13.3. The summed E-state index contributed by atoms with van der Waals surface area (Å²) in [4.78, 5) is 1.95. The molecule has 0 aromatic heterocycles. The van der Waals surface area contributed by atoms with Crippen molar-refractivity contribution in [2.75, 3.05) is 26.3 Å². The Kier molecular flexibility index (Phi) is 5.51. The van der Waals surface area contributed by atoms with Crippen molar-refractivity contribution in [3.63, 3.8) is 0 Å². The molecule has 1 aliphatic heterocycles. The second-order valence-corrected chi connectivity index (χ2v) is 9.50. The molecule has 1 heterocycles. The van der Waals surface area contributed by atoms with Crippen molar-refractivity contribution in [1.29, 1.82) is 0 Å². The average molecular weight is 443 g/mol. The molecule has 1 unspecified atom stereocenters. The molecule has 31 heavy (non-hydrogen) atoms. The van der Waals surface area contributed by atoms with E-state index < -0.39 is 15.8 Å². The van der Waals surface area contributed by atoms with Crippen LogP contribution >= 0.6 is 0 Å². The molecule has 4 rings (SSSR count). The molecule has 1 saturated heterocycles. The maximum absolute atomic E-state index is 13.3.